The molecule has 0 heterocycles. The van der Waals surface area contributed by atoms with E-state index in [-0.39, 0.29) is 0 Å². The molecule has 0 aromatic rings. The van der Waals surface area contributed by atoms with Crippen LogP contribution in [0.5, 0.6) is 0 Å². The van der Waals surface area contributed by atoms with Crippen molar-refractivity contribution >= 4 is 23.5 Å². The van der Waals surface area contributed by atoms with Crippen molar-refractivity contribution in [2.75, 3.05) is 62.8 Å². The molecule has 0 aromatic heterocycles. The average Bonchev–Trinajstić information content (AvgIpc) is 2.70. The predicted octanol–water partition coefficient (Wildman–Crippen LogP) is 7.14. The van der Waals surface area contributed by atoms with Crippen LogP contribution in [0.2, 0.25) is 0 Å². The molecule has 0 aliphatic heterocycles. The van der Waals surface area contributed by atoms with E-state index in [4.69, 9.17) is 0 Å². The van der Waals surface area contributed by atoms with Gasteiger partial charge < -0.3 is 9.80 Å². The van der Waals surface area contributed by atoms with Crippen molar-refractivity contribution in [2.24, 2.45) is 0 Å². The normalized spacial score (nSPS) is 10.4. The van der Waals surface area contributed by atoms with Crippen LogP contribution in [0.25, 0.3) is 0 Å². The van der Waals surface area contributed by atoms with Gasteiger partial charge in [0.15, 0.2) is 0 Å². The first-order valence-corrected chi connectivity index (χ1v) is 14.3. The lowest BCUT2D eigenvalue weighted by Gasteiger charge is -2.21. The molecule has 168 valence electrons. The Hall–Kier alpha value is 0.620. The molecule has 0 saturated heterocycles. The third kappa shape index (κ3) is 28.9. The monoisotopic (exact) mass is 422 g/mol. The van der Waals surface area contributed by atoms with E-state index in [1.807, 2.05) is 37.4 Å². The van der Waals surface area contributed by atoms with Crippen LogP contribution in [0.4, 0.5) is 0 Å². The second kappa shape index (κ2) is 31.3. The minimum Gasteiger partial charge on any atom is -0.303 e. The van der Waals surface area contributed by atoms with E-state index in [9.17, 15) is 0 Å². The summed E-state index contributed by atoms with van der Waals surface area (Å²) in [7, 11) is 0. The number of hydrogen-bond acceptors (Lipinski definition) is 4. The maximum atomic E-state index is 2.61. The molecule has 0 amide bonds. The maximum Gasteiger partial charge on any atom is 0.00723 e. The molecule has 0 N–H and O–H groups in total. The molecule has 27 heavy (non-hydrogen) atoms. The fraction of sp³-hybridized carbons (Fsp3) is 1.00. The van der Waals surface area contributed by atoms with Crippen LogP contribution >= 0.6 is 23.5 Å². The molecule has 0 aromatic carbocycles. The molecule has 0 unspecified atom stereocenters. The van der Waals surface area contributed by atoms with Crippen LogP contribution in [0, 0.1) is 0 Å². The smallest absolute Gasteiger partial charge is 0.00723 e. The van der Waals surface area contributed by atoms with Gasteiger partial charge in [0.1, 0.15) is 0 Å². The highest BCUT2D eigenvalue weighted by atomic mass is 32.2. The summed E-state index contributed by atoms with van der Waals surface area (Å²) >= 11 is 4.00. The van der Waals surface area contributed by atoms with Crippen LogP contribution in [0.1, 0.15) is 87.0 Å². The Morgan fingerprint density at radius 1 is 0.556 bits per heavy atom. The fourth-order valence-corrected chi connectivity index (χ4v) is 3.74. The first-order chi connectivity index (χ1) is 13.2. The van der Waals surface area contributed by atoms with Crippen LogP contribution in [0.3, 0.4) is 0 Å². The van der Waals surface area contributed by atoms with Crippen LogP contribution in [-0.2, 0) is 0 Å². The van der Waals surface area contributed by atoms with Gasteiger partial charge >= 0.3 is 0 Å². The first kappa shape index (κ1) is 32.3. The Labute approximate surface area is 183 Å². The van der Waals surface area contributed by atoms with E-state index >= 15 is 0 Å². The zero-order valence-electron chi connectivity index (χ0n) is 20.3. The minimum atomic E-state index is 1.26. The van der Waals surface area contributed by atoms with Crippen molar-refractivity contribution in [1.29, 1.82) is 0 Å². The number of nitrogens with zero attached hydrogens (tertiary/aromatic N) is 2. The summed E-state index contributed by atoms with van der Waals surface area (Å²) in [5.41, 5.74) is 0. The van der Waals surface area contributed by atoms with E-state index in [1.165, 1.54) is 95.1 Å². The Morgan fingerprint density at radius 3 is 1.37 bits per heavy atom. The van der Waals surface area contributed by atoms with Crippen molar-refractivity contribution in [1.82, 2.24) is 9.80 Å². The zero-order valence-corrected chi connectivity index (χ0v) is 22.0. The van der Waals surface area contributed by atoms with Gasteiger partial charge in [-0.15, -0.1) is 0 Å². The maximum absolute atomic E-state index is 2.61. The number of rotatable bonds is 17. The fourth-order valence-electron chi connectivity index (χ4n) is 2.63. The highest BCUT2D eigenvalue weighted by Gasteiger charge is 2.02. The lowest BCUT2D eigenvalue weighted by molar-refractivity contribution is 0.281. The number of hydrogen-bond donors (Lipinski definition) is 0. The standard InChI is InChI=1S/C11H25NS.C10H23NS.C2H6/c1-4-6-8-12(9-7-5-2)10-11-13-3;1-4-7-11(8-5-2)9-10-12-6-3;1-2/h4-11H2,1-3H3;4-10H2,1-3H3;1-2H3. The van der Waals surface area contributed by atoms with Gasteiger partial charge in [-0.25, -0.2) is 0 Å². The Balaban J connectivity index is -0.000000391. The summed E-state index contributed by atoms with van der Waals surface area (Å²) in [5.74, 6) is 3.84. The van der Waals surface area contributed by atoms with Gasteiger partial charge in [-0.3, -0.25) is 0 Å². The van der Waals surface area contributed by atoms with Gasteiger partial charge in [0.25, 0.3) is 0 Å². The highest BCUT2D eigenvalue weighted by Crippen LogP contribution is 2.02. The topological polar surface area (TPSA) is 6.48 Å². The van der Waals surface area contributed by atoms with E-state index in [0.29, 0.717) is 0 Å². The molecule has 0 fully saturated rings. The molecule has 0 aliphatic carbocycles. The molecular weight excluding hydrogens is 368 g/mol. The van der Waals surface area contributed by atoms with Gasteiger partial charge in [-0.2, -0.15) is 23.5 Å². The number of unbranched alkanes of at least 4 members (excludes halogenated alkanes) is 2. The Morgan fingerprint density at radius 2 is 1.00 bits per heavy atom. The van der Waals surface area contributed by atoms with Gasteiger partial charge in [-0.05, 0) is 63.9 Å². The third-order valence-corrected chi connectivity index (χ3v) is 5.57. The van der Waals surface area contributed by atoms with Gasteiger partial charge in [-0.1, -0.05) is 61.3 Å². The molecule has 0 saturated carbocycles. The Bertz CT molecular complexity index is 203. The minimum absolute atomic E-state index is 1.26. The molecule has 0 spiro atoms. The summed E-state index contributed by atoms with van der Waals surface area (Å²) in [6, 6.07) is 0. The van der Waals surface area contributed by atoms with E-state index < -0.39 is 0 Å². The summed E-state index contributed by atoms with van der Waals surface area (Å²) in [6.45, 7) is 23.0. The van der Waals surface area contributed by atoms with Crippen molar-refractivity contribution < 1.29 is 0 Å². The predicted molar refractivity (Wildman–Crippen MR) is 136 cm³/mol. The summed E-state index contributed by atoms with van der Waals surface area (Å²) in [4.78, 5) is 5.19. The second-order valence-electron chi connectivity index (χ2n) is 6.58. The van der Waals surface area contributed by atoms with Crippen molar-refractivity contribution in [3.05, 3.63) is 0 Å². The second-order valence-corrected chi connectivity index (χ2v) is 8.96. The lowest BCUT2D eigenvalue weighted by atomic mass is 10.2. The van der Waals surface area contributed by atoms with Crippen LogP contribution in [-0.4, -0.2) is 72.6 Å². The molecule has 2 nitrogen and oxygen atoms in total. The molecular formula is C23H54N2S2. The Kier molecular flexibility index (Phi) is 37.5. The summed E-state index contributed by atoms with van der Waals surface area (Å²) in [5, 5.41) is 0. The van der Waals surface area contributed by atoms with Gasteiger partial charge in [0.2, 0.25) is 0 Å². The van der Waals surface area contributed by atoms with Crippen LogP contribution in [0.15, 0.2) is 0 Å². The molecule has 0 aliphatic rings. The zero-order chi connectivity index (χ0) is 21.2. The van der Waals surface area contributed by atoms with E-state index in [1.54, 1.807) is 0 Å². The van der Waals surface area contributed by atoms with Gasteiger partial charge in [0, 0.05) is 24.6 Å². The SMILES string of the molecule is CC.CCCCN(CCCC)CCSC.CCCN(CCC)CCSCC. The highest BCUT2D eigenvalue weighted by molar-refractivity contribution is 7.99. The molecule has 0 rings (SSSR count). The molecule has 0 radical (unpaired) electrons. The molecule has 4 heteroatoms. The number of thioether (sulfide) groups is 2. The quantitative estimate of drug-likeness (QED) is 0.230. The first-order valence-electron chi connectivity index (χ1n) is 11.7. The van der Waals surface area contributed by atoms with Crippen molar-refractivity contribution in [3.63, 3.8) is 0 Å². The van der Waals surface area contributed by atoms with Crippen molar-refractivity contribution in [3.8, 4) is 0 Å². The summed E-state index contributed by atoms with van der Waals surface area (Å²) in [6.07, 6.45) is 10.1. The van der Waals surface area contributed by atoms with Crippen LogP contribution < -0.4 is 0 Å². The largest absolute Gasteiger partial charge is 0.303 e. The molecule has 0 atom stereocenters. The van der Waals surface area contributed by atoms with E-state index in [2.05, 4.69) is 50.7 Å². The van der Waals surface area contributed by atoms with Crippen molar-refractivity contribution in [2.45, 2.75) is 87.0 Å². The molecule has 0 bridgehead atoms. The summed E-state index contributed by atoms with van der Waals surface area (Å²) < 4.78 is 0. The van der Waals surface area contributed by atoms with E-state index in [0.717, 1.165) is 0 Å². The average molecular weight is 423 g/mol. The van der Waals surface area contributed by atoms with Gasteiger partial charge in [0.05, 0.1) is 0 Å². The lowest BCUT2D eigenvalue weighted by Crippen LogP contribution is -2.28. The third-order valence-electron chi connectivity index (χ3n) is 4.10.